The van der Waals surface area contributed by atoms with Crippen molar-refractivity contribution >= 4 is 11.8 Å². The number of rotatable bonds is 9. The van der Waals surface area contributed by atoms with Crippen LogP contribution in [0.5, 0.6) is 17.2 Å². The summed E-state index contributed by atoms with van der Waals surface area (Å²) in [6.07, 6.45) is -2.05. The molecular formula is C20H19F2N3O6. The van der Waals surface area contributed by atoms with Crippen LogP contribution in [0.1, 0.15) is 22.5 Å². The molecule has 1 aromatic carbocycles. The Kier molecular flexibility index (Phi) is 6.65. The summed E-state index contributed by atoms with van der Waals surface area (Å²) in [7, 11) is 0. The minimum Gasteiger partial charge on any atom is -0.484 e. The number of fused-ring (bicyclic) bond motifs is 1. The zero-order valence-corrected chi connectivity index (χ0v) is 16.2. The quantitative estimate of drug-likeness (QED) is 0.549. The van der Waals surface area contributed by atoms with Gasteiger partial charge in [0.1, 0.15) is 11.4 Å². The zero-order chi connectivity index (χ0) is 22.4. The molecule has 0 spiro atoms. The first-order chi connectivity index (χ1) is 14.8. The minimum absolute atomic E-state index is 0.129. The maximum atomic E-state index is 13.0. The molecule has 1 aliphatic rings. The number of benzene rings is 1. The molecule has 2 aromatic rings. The lowest BCUT2D eigenvalue weighted by Gasteiger charge is -2.11. The van der Waals surface area contributed by atoms with Crippen molar-refractivity contribution in [3.05, 3.63) is 60.1 Å². The van der Waals surface area contributed by atoms with Crippen LogP contribution in [0.4, 0.5) is 8.78 Å². The largest absolute Gasteiger partial charge is 0.586 e. The van der Waals surface area contributed by atoms with Gasteiger partial charge >= 0.3 is 6.29 Å². The normalized spacial score (nSPS) is 13.4. The summed E-state index contributed by atoms with van der Waals surface area (Å²) in [6, 6.07) is 6.86. The van der Waals surface area contributed by atoms with Gasteiger partial charge in [-0.05, 0) is 29.8 Å². The first-order valence-corrected chi connectivity index (χ1v) is 9.10. The van der Waals surface area contributed by atoms with Gasteiger partial charge in [-0.2, -0.15) is 0 Å². The number of pyridine rings is 1. The van der Waals surface area contributed by atoms with Gasteiger partial charge in [-0.25, -0.2) is 0 Å². The number of carbonyl (C=O) groups is 2. The maximum Gasteiger partial charge on any atom is 0.586 e. The first-order valence-electron chi connectivity index (χ1n) is 9.10. The van der Waals surface area contributed by atoms with Crippen LogP contribution in [0.3, 0.4) is 0 Å². The van der Waals surface area contributed by atoms with E-state index in [1.54, 1.807) is 6.07 Å². The number of hydrogen-bond donors (Lipinski definition) is 3. The lowest BCUT2D eigenvalue weighted by molar-refractivity contribution is -0.286. The fourth-order valence-electron chi connectivity index (χ4n) is 2.58. The van der Waals surface area contributed by atoms with Crippen LogP contribution in [0.2, 0.25) is 0 Å². The Hall–Kier alpha value is -3.73. The van der Waals surface area contributed by atoms with E-state index in [1.807, 2.05) is 0 Å². The molecule has 0 radical (unpaired) electrons. The molecular weight excluding hydrogens is 416 g/mol. The average Bonchev–Trinajstić information content (AvgIpc) is 3.05. The number of nitrogens with zero attached hydrogens (tertiary/aromatic N) is 1. The summed E-state index contributed by atoms with van der Waals surface area (Å²) >= 11 is 0. The number of halogens is 2. The van der Waals surface area contributed by atoms with Crippen LogP contribution in [0.15, 0.2) is 48.8 Å². The highest BCUT2D eigenvalue weighted by atomic mass is 19.3. The molecule has 3 N–H and O–H groups in total. The van der Waals surface area contributed by atoms with Gasteiger partial charge in [0, 0.05) is 30.9 Å². The number of amides is 2. The number of nitrogens with one attached hydrogen (secondary N) is 2. The van der Waals surface area contributed by atoms with Crippen LogP contribution in [0.25, 0.3) is 0 Å². The topological polar surface area (TPSA) is 119 Å². The Bertz CT molecular complexity index is 999. The van der Waals surface area contributed by atoms with Crippen molar-refractivity contribution in [2.45, 2.75) is 19.3 Å². The Morgan fingerprint density at radius 2 is 1.97 bits per heavy atom. The predicted octanol–water partition coefficient (Wildman–Crippen LogP) is 1.72. The van der Waals surface area contributed by atoms with E-state index in [0.29, 0.717) is 11.3 Å². The SMILES string of the molecule is C=C(CCNC(=O)c1cc(CO)ccn1)NC(=O)COc1ccc2c(c1)OC(F)(F)O2. The van der Waals surface area contributed by atoms with Crippen molar-refractivity contribution in [1.29, 1.82) is 0 Å². The van der Waals surface area contributed by atoms with E-state index in [0.717, 1.165) is 0 Å². The van der Waals surface area contributed by atoms with Crippen molar-refractivity contribution < 1.29 is 37.7 Å². The number of ether oxygens (including phenoxy) is 3. The standard InChI is InChI=1S/C20H19F2N3O6/c1-12(4-6-24-19(28)15-8-13(10-26)5-7-23-15)25-18(27)11-29-14-2-3-16-17(9-14)31-20(21,22)30-16/h2-3,5,7-9,26H,1,4,6,10-11H2,(H,24,28)(H,25,27). The van der Waals surface area contributed by atoms with Gasteiger partial charge in [0.05, 0.1) is 6.61 Å². The predicted molar refractivity (Wildman–Crippen MR) is 103 cm³/mol. The molecule has 0 aliphatic carbocycles. The molecule has 0 unspecified atom stereocenters. The lowest BCUT2D eigenvalue weighted by Crippen LogP contribution is -2.31. The first kappa shape index (κ1) is 22.0. The molecule has 9 nitrogen and oxygen atoms in total. The van der Waals surface area contributed by atoms with Gasteiger partial charge in [0.25, 0.3) is 11.8 Å². The Morgan fingerprint density at radius 1 is 1.19 bits per heavy atom. The molecule has 0 saturated heterocycles. The number of aliphatic hydroxyl groups excluding tert-OH is 1. The molecule has 3 rings (SSSR count). The molecule has 0 bridgehead atoms. The van der Waals surface area contributed by atoms with Gasteiger partial charge in [-0.15, -0.1) is 8.78 Å². The van der Waals surface area contributed by atoms with Crippen molar-refractivity contribution in [1.82, 2.24) is 15.6 Å². The third-order valence-corrected chi connectivity index (χ3v) is 4.01. The average molecular weight is 435 g/mol. The summed E-state index contributed by atoms with van der Waals surface area (Å²) in [6.45, 7) is 3.31. The third kappa shape index (κ3) is 6.12. The Labute approximate surface area is 175 Å². The number of hydrogen-bond acceptors (Lipinski definition) is 7. The van der Waals surface area contributed by atoms with Gasteiger partial charge in [-0.1, -0.05) is 6.58 Å². The van der Waals surface area contributed by atoms with Gasteiger partial charge in [0.15, 0.2) is 18.1 Å². The number of alkyl halides is 2. The van der Waals surface area contributed by atoms with Crippen LogP contribution >= 0.6 is 0 Å². The number of carbonyl (C=O) groups excluding carboxylic acids is 2. The summed E-state index contributed by atoms with van der Waals surface area (Å²) < 4.78 is 39.9. The fraction of sp³-hybridized carbons (Fsp3) is 0.250. The summed E-state index contributed by atoms with van der Waals surface area (Å²) in [5, 5.41) is 14.2. The summed E-state index contributed by atoms with van der Waals surface area (Å²) in [5.41, 5.74) is 1.07. The van der Waals surface area contributed by atoms with E-state index in [1.165, 1.54) is 30.5 Å². The molecule has 11 heteroatoms. The third-order valence-electron chi connectivity index (χ3n) is 4.01. The molecule has 2 heterocycles. The van der Waals surface area contributed by atoms with E-state index in [4.69, 9.17) is 9.84 Å². The maximum absolute atomic E-state index is 13.0. The molecule has 1 aromatic heterocycles. The Morgan fingerprint density at radius 3 is 2.74 bits per heavy atom. The van der Waals surface area contributed by atoms with Crippen LogP contribution in [0, 0.1) is 0 Å². The molecule has 1 aliphatic heterocycles. The zero-order valence-electron chi connectivity index (χ0n) is 16.2. The van der Waals surface area contributed by atoms with Gasteiger partial charge in [0.2, 0.25) is 0 Å². The monoisotopic (exact) mass is 435 g/mol. The van der Waals surface area contributed by atoms with Crippen molar-refractivity contribution in [3.8, 4) is 17.2 Å². The van der Waals surface area contributed by atoms with Crippen LogP contribution in [-0.2, 0) is 11.4 Å². The fourth-order valence-corrected chi connectivity index (χ4v) is 2.58. The number of aliphatic hydroxyl groups is 1. The highest BCUT2D eigenvalue weighted by molar-refractivity contribution is 5.92. The highest BCUT2D eigenvalue weighted by Crippen LogP contribution is 2.42. The second kappa shape index (κ2) is 9.39. The second-order valence-corrected chi connectivity index (χ2v) is 6.43. The van der Waals surface area contributed by atoms with E-state index < -0.39 is 18.1 Å². The van der Waals surface area contributed by atoms with Crippen LogP contribution < -0.4 is 24.8 Å². The van der Waals surface area contributed by atoms with E-state index in [2.05, 4.69) is 31.7 Å². The van der Waals surface area contributed by atoms with Gasteiger partial charge in [-0.3, -0.25) is 14.6 Å². The highest BCUT2D eigenvalue weighted by Gasteiger charge is 2.43. The molecule has 0 atom stereocenters. The molecule has 2 amide bonds. The second-order valence-electron chi connectivity index (χ2n) is 6.43. The van der Waals surface area contributed by atoms with E-state index in [9.17, 15) is 18.4 Å². The van der Waals surface area contributed by atoms with E-state index in [-0.39, 0.29) is 49.1 Å². The van der Waals surface area contributed by atoms with Crippen molar-refractivity contribution in [3.63, 3.8) is 0 Å². The van der Waals surface area contributed by atoms with Crippen molar-refractivity contribution in [2.75, 3.05) is 13.2 Å². The smallest absolute Gasteiger partial charge is 0.484 e. The molecule has 0 saturated carbocycles. The molecule has 31 heavy (non-hydrogen) atoms. The number of aromatic nitrogens is 1. The molecule has 0 fully saturated rings. The van der Waals surface area contributed by atoms with Gasteiger partial charge < -0.3 is 30.0 Å². The minimum atomic E-state index is -3.73. The molecule has 164 valence electrons. The Balaban J connectivity index is 1.38. The summed E-state index contributed by atoms with van der Waals surface area (Å²) in [4.78, 5) is 27.9. The lowest BCUT2D eigenvalue weighted by atomic mass is 10.2. The van der Waals surface area contributed by atoms with E-state index >= 15 is 0 Å². The summed E-state index contributed by atoms with van der Waals surface area (Å²) in [5.74, 6) is -1.12. The van der Waals surface area contributed by atoms with Crippen LogP contribution in [-0.4, -0.2) is 41.4 Å². The van der Waals surface area contributed by atoms with Crippen molar-refractivity contribution in [2.24, 2.45) is 0 Å².